The van der Waals surface area contributed by atoms with Gasteiger partial charge in [0, 0.05) is 4.47 Å². The summed E-state index contributed by atoms with van der Waals surface area (Å²) in [5, 5.41) is 0. The van der Waals surface area contributed by atoms with Gasteiger partial charge in [0.2, 0.25) is 0 Å². The largest absolute Gasteiger partial charge is 0.0765 e. The fourth-order valence-corrected chi connectivity index (χ4v) is 3.10. The van der Waals surface area contributed by atoms with Gasteiger partial charge in [0.05, 0.1) is 0 Å². The highest BCUT2D eigenvalue weighted by Gasteiger charge is 2.15. The van der Waals surface area contributed by atoms with Crippen molar-refractivity contribution >= 4 is 21.5 Å². The molecule has 0 saturated heterocycles. The van der Waals surface area contributed by atoms with Gasteiger partial charge in [-0.2, -0.15) is 0 Å². The van der Waals surface area contributed by atoms with Crippen molar-refractivity contribution in [3.8, 4) is 11.1 Å². The first kappa shape index (κ1) is 11.7. The molecule has 0 aromatic heterocycles. The quantitative estimate of drug-likeness (QED) is 0.663. The van der Waals surface area contributed by atoms with Gasteiger partial charge in [0.15, 0.2) is 0 Å². The van der Waals surface area contributed by atoms with Crippen LogP contribution < -0.4 is 0 Å². The van der Waals surface area contributed by atoms with E-state index in [1.54, 1.807) is 0 Å². The van der Waals surface area contributed by atoms with Crippen molar-refractivity contribution in [2.24, 2.45) is 0 Å². The highest BCUT2D eigenvalue weighted by molar-refractivity contribution is 9.10. The Morgan fingerprint density at radius 1 is 0.944 bits per heavy atom. The average Bonchev–Trinajstić information content (AvgIpc) is 2.73. The molecule has 0 spiro atoms. The van der Waals surface area contributed by atoms with Crippen LogP contribution in [0.3, 0.4) is 0 Å². The maximum Gasteiger partial charge on any atom is 0.0222 e. The molecule has 3 rings (SSSR count). The van der Waals surface area contributed by atoms with Crippen molar-refractivity contribution < 1.29 is 0 Å². The van der Waals surface area contributed by atoms with Crippen molar-refractivity contribution in [2.75, 3.05) is 0 Å². The molecule has 0 fully saturated rings. The van der Waals surface area contributed by atoms with Crippen LogP contribution in [-0.2, 0) is 6.42 Å². The van der Waals surface area contributed by atoms with Crippen LogP contribution in [0.25, 0.3) is 16.7 Å². The van der Waals surface area contributed by atoms with E-state index in [2.05, 4.69) is 72.3 Å². The molecule has 18 heavy (non-hydrogen) atoms. The molecule has 0 atom stereocenters. The second-order valence-corrected chi connectivity index (χ2v) is 5.80. The molecule has 90 valence electrons. The Balaban J connectivity index is 2.14. The smallest absolute Gasteiger partial charge is 0.0222 e. The topological polar surface area (TPSA) is 0 Å². The first-order valence-electron chi connectivity index (χ1n) is 6.22. The van der Waals surface area contributed by atoms with Gasteiger partial charge in [-0.15, -0.1) is 0 Å². The molecule has 0 unspecified atom stereocenters. The number of hydrogen-bond donors (Lipinski definition) is 0. The average molecular weight is 299 g/mol. The van der Waals surface area contributed by atoms with Crippen LogP contribution in [0.2, 0.25) is 0 Å². The van der Waals surface area contributed by atoms with Crippen molar-refractivity contribution in [1.29, 1.82) is 0 Å². The molecule has 0 saturated carbocycles. The van der Waals surface area contributed by atoms with E-state index in [4.69, 9.17) is 0 Å². The molecular formula is C17H15Br. The minimum atomic E-state index is 1.05. The zero-order valence-corrected chi connectivity index (χ0v) is 12.2. The van der Waals surface area contributed by atoms with Crippen molar-refractivity contribution in [1.82, 2.24) is 0 Å². The molecule has 0 bridgehead atoms. The van der Waals surface area contributed by atoms with E-state index in [0.717, 1.165) is 6.42 Å². The molecule has 2 aromatic carbocycles. The summed E-state index contributed by atoms with van der Waals surface area (Å²) in [5.74, 6) is 0. The lowest BCUT2D eigenvalue weighted by Crippen LogP contribution is -1.88. The summed E-state index contributed by atoms with van der Waals surface area (Å²) in [5.41, 5.74) is 8.07. The second kappa shape index (κ2) is 4.40. The summed E-state index contributed by atoms with van der Waals surface area (Å²) in [4.78, 5) is 0. The van der Waals surface area contributed by atoms with Gasteiger partial charge in [-0.05, 0) is 60.2 Å². The van der Waals surface area contributed by atoms with Gasteiger partial charge in [0.1, 0.15) is 0 Å². The minimum absolute atomic E-state index is 1.05. The third kappa shape index (κ3) is 1.93. The molecule has 0 radical (unpaired) electrons. The fourth-order valence-electron chi connectivity index (χ4n) is 2.47. The van der Waals surface area contributed by atoms with Gasteiger partial charge in [0.25, 0.3) is 0 Å². The third-order valence-electron chi connectivity index (χ3n) is 3.62. The first-order valence-corrected chi connectivity index (χ1v) is 7.01. The molecule has 0 heterocycles. The molecule has 1 aliphatic carbocycles. The lowest BCUT2D eigenvalue weighted by Gasteiger charge is -2.09. The summed E-state index contributed by atoms with van der Waals surface area (Å²) >= 11 is 3.70. The minimum Gasteiger partial charge on any atom is -0.0765 e. The van der Waals surface area contributed by atoms with Crippen LogP contribution in [0, 0.1) is 6.92 Å². The molecule has 1 heteroatoms. The number of allylic oxidation sites excluding steroid dienone is 2. The highest BCUT2D eigenvalue weighted by atomic mass is 79.9. The Labute approximate surface area is 116 Å². The second-order valence-electron chi connectivity index (χ2n) is 4.94. The monoisotopic (exact) mass is 298 g/mol. The van der Waals surface area contributed by atoms with E-state index in [1.807, 2.05) is 0 Å². The number of fused-ring (bicyclic) bond motifs is 1. The summed E-state index contributed by atoms with van der Waals surface area (Å²) in [6.07, 6.45) is 3.35. The third-order valence-corrected chi connectivity index (χ3v) is 4.33. The summed E-state index contributed by atoms with van der Waals surface area (Å²) in [6.45, 7) is 4.31. The van der Waals surface area contributed by atoms with Gasteiger partial charge in [-0.25, -0.2) is 0 Å². The van der Waals surface area contributed by atoms with Crippen molar-refractivity contribution in [3.05, 3.63) is 63.6 Å². The zero-order valence-electron chi connectivity index (χ0n) is 10.6. The molecule has 0 aliphatic heterocycles. The van der Waals surface area contributed by atoms with Gasteiger partial charge in [-0.1, -0.05) is 51.8 Å². The summed E-state index contributed by atoms with van der Waals surface area (Å²) in [6, 6.07) is 13.3. The van der Waals surface area contributed by atoms with Crippen LogP contribution >= 0.6 is 15.9 Å². The van der Waals surface area contributed by atoms with E-state index in [9.17, 15) is 0 Å². The predicted molar refractivity (Wildman–Crippen MR) is 81.7 cm³/mol. The van der Waals surface area contributed by atoms with E-state index in [0.29, 0.717) is 0 Å². The summed E-state index contributed by atoms with van der Waals surface area (Å²) < 4.78 is 1.23. The Kier molecular flexibility index (Phi) is 2.87. The normalized spacial score (nSPS) is 13.4. The van der Waals surface area contributed by atoms with Gasteiger partial charge in [-0.3, -0.25) is 0 Å². The van der Waals surface area contributed by atoms with E-state index in [1.165, 1.54) is 37.9 Å². The molecule has 0 nitrogen and oxygen atoms in total. The number of halogens is 1. The first-order chi connectivity index (χ1) is 8.65. The van der Waals surface area contributed by atoms with Crippen LogP contribution in [0.15, 0.2) is 46.9 Å². The molecule has 0 amide bonds. The molecular weight excluding hydrogens is 284 g/mol. The Morgan fingerprint density at radius 2 is 1.67 bits per heavy atom. The lowest BCUT2D eigenvalue weighted by molar-refractivity contribution is 1.29. The van der Waals surface area contributed by atoms with Crippen LogP contribution in [0.1, 0.15) is 23.6 Å². The van der Waals surface area contributed by atoms with Gasteiger partial charge >= 0.3 is 0 Å². The Morgan fingerprint density at radius 3 is 2.39 bits per heavy atom. The molecule has 1 aliphatic rings. The van der Waals surface area contributed by atoms with Crippen LogP contribution in [0.5, 0.6) is 0 Å². The van der Waals surface area contributed by atoms with Crippen molar-refractivity contribution in [2.45, 2.75) is 20.3 Å². The molecule has 2 aromatic rings. The maximum absolute atomic E-state index is 3.70. The fraction of sp³-hybridized carbons (Fsp3) is 0.176. The standard InChI is InChI=1S/C17H15Br/c1-11-3-6-13(7-4-11)14-9-16-12(2)5-8-15(16)17(18)10-14/h3-7,9-10H,8H2,1-2H3. The SMILES string of the molecule is CC1=CCc2c(Br)cc(-c3ccc(C)cc3)cc21. The number of aryl methyl sites for hydroxylation is 1. The highest BCUT2D eigenvalue weighted by Crippen LogP contribution is 2.36. The number of hydrogen-bond acceptors (Lipinski definition) is 0. The predicted octanol–water partition coefficient (Wildman–Crippen LogP) is 5.38. The lowest BCUT2D eigenvalue weighted by atomic mass is 9.98. The Hall–Kier alpha value is -1.34. The van der Waals surface area contributed by atoms with Crippen molar-refractivity contribution in [3.63, 3.8) is 0 Å². The number of benzene rings is 2. The van der Waals surface area contributed by atoms with E-state index >= 15 is 0 Å². The van der Waals surface area contributed by atoms with Crippen LogP contribution in [-0.4, -0.2) is 0 Å². The van der Waals surface area contributed by atoms with E-state index in [-0.39, 0.29) is 0 Å². The van der Waals surface area contributed by atoms with E-state index < -0.39 is 0 Å². The molecule has 0 N–H and O–H groups in total. The maximum atomic E-state index is 3.70. The zero-order chi connectivity index (χ0) is 12.7. The van der Waals surface area contributed by atoms with Crippen LogP contribution in [0.4, 0.5) is 0 Å². The summed E-state index contributed by atoms with van der Waals surface area (Å²) in [7, 11) is 0. The number of rotatable bonds is 1. The Bertz CT molecular complexity index is 633. The van der Waals surface area contributed by atoms with Gasteiger partial charge < -0.3 is 0 Å².